The van der Waals surface area contributed by atoms with Crippen LogP contribution < -0.4 is 5.32 Å². The van der Waals surface area contributed by atoms with Crippen molar-refractivity contribution < 1.29 is 0 Å². The fourth-order valence-electron chi connectivity index (χ4n) is 0.638. The van der Waals surface area contributed by atoms with Crippen molar-refractivity contribution in [1.82, 2.24) is 5.32 Å². The smallest absolute Gasteiger partial charge is 0.0132 e. The number of hydrogen-bond acceptors (Lipinski definition) is 1. The first-order valence-electron chi connectivity index (χ1n) is 3.94. The number of rotatable bonds is 5. The van der Waals surface area contributed by atoms with E-state index in [0.29, 0.717) is 5.41 Å². The minimum atomic E-state index is 0.434. The summed E-state index contributed by atoms with van der Waals surface area (Å²) in [6.45, 7) is 12.4. The van der Waals surface area contributed by atoms with Gasteiger partial charge in [0.25, 0.3) is 0 Å². The summed E-state index contributed by atoms with van der Waals surface area (Å²) in [7, 11) is 0. The van der Waals surface area contributed by atoms with Crippen LogP contribution in [0.4, 0.5) is 0 Å². The molecule has 0 aliphatic heterocycles. The van der Waals surface area contributed by atoms with E-state index in [0.717, 1.165) is 13.1 Å². The molecule has 0 aliphatic rings. The average molecular weight is 141 g/mol. The normalized spacial score (nSPS) is 11.5. The summed E-state index contributed by atoms with van der Waals surface area (Å²) in [4.78, 5) is 0. The Morgan fingerprint density at radius 2 is 2.10 bits per heavy atom. The SMILES string of the molecule is C=CCNCC(C)(C)CC. The minimum Gasteiger partial charge on any atom is -0.313 e. The van der Waals surface area contributed by atoms with Gasteiger partial charge in [-0.3, -0.25) is 0 Å². The van der Waals surface area contributed by atoms with E-state index >= 15 is 0 Å². The Hall–Kier alpha value is -0.300. The maximum atomic E-state index is 3.64. The first-order valence-corrected chi connectivity index (χ1v) is 3.94. The second-order valence-electron chi connectivity index (χ2n) is 3.44. The molecule has 0 amide bonds. The molecule has 0 bridgehead atoms. The topological polar surface area (TPSA) is 12.0 Å². The van der Waals surface area contributed by atoms with Crippen LogP contribution in [0.2, 0.25) is 0 Å². The van der Waals surface area contributed by atoms with Gasteiger partial charge in [-0.05, 0) is 11.8 Å². The van der Waals surface area contributed by atoms with Crippen LogP contribution >= 0.6 is 0 Å². The lowest BCUT2D eigenvalue weighted by atomic mass is 9.90. The van der Waals surface area contributed by atoms with Gasteiger partial charge in [0.15, 0.2) is 0 Å². The molecule has 0 saturated carbocycles. The molecule has 0 atom stereocenters. The molecule has 0 fully saturated rings. The van der Waals surface area contributed by atoms with E-state index in [-0.39, 0.29) is 0 Å². The summed E-state index contributed by atoms with van der Waals surface area (Å²) in [6.07, 6.45) is 3.11. The predicted molar refractivity (Wildman–Crippen MR) is 47.1 cm³/mol. The molecule has 0 aromatic heterocycles. The van der Waals surface area contributed by atoms with Gasteiger partial charge in [-0.25, -0.2) is 0 Å². The second kappa shape index (κ2) is 4.51. The monoisotopic (exact) mass is 141 g/mol. The quantitative estimate of drug-likeness (QED) is 0.457. The van der Waals surface area contributed by atoms with Crippen LogP contribution in [-0.4, -0.2) is 13.1 Å². The van der Waals surface area contributed by atoms with E-state index in [1.165, 1.54) is 6.42 Å². The van der Waals surface area contributed by atoms with E-state index in [2.05, 4.69) is 32.7 Å². The average Bonchev–Trinajstić information content (AvgIpc) is 1.89. The first-order chi connectivity index (χ1) is 4.62. The van der Waals surface area contributed by atoms with Crippen molar-refractivity contribution in [3.63, 3.8) is 0 Å². The van der Waals surface area contributed by atoms with Gasteiger partial charge in [0.2, 0.25) is 0 Å². The zero-order valence-electron chi connectivity index (χ0n) is 7.41. The highest BCUT2D eigenvalue weighted by Crippen LogP contribution is 2.17. The van der Waals surface area contributed by atoms with Gasteiger partial charge in [-0.1, -0.05) is 26.8 Å². The Balaban J connectivity index is 3.36. The number of hydrogen-bond donors (Lipinski definition) is 1. The lowest BCUT2D eigenvalue weighted by Crippen LogP contribution is -2.28. The van der Waals surface area contributed by atoms with Crippen LogP contribution in [0.5, 0.6) is 0 Å². The van der Waals surface area contributed by atoms with E-state index in [1.807, 2.05) is 6.08 Å². The van der Waals surface area contributed by atoms with E-state index in [4.69, 9.17) is 0 Å². The first kappa shape index (κ1) is 9.70. The van der Waals surface area contributed by atoms with Gasteiger partial charge in [-0.15, -0.1) is 6.58 Å². The standard InChI is InChI=1S/C9H19N/c1-5-7-10-8-9(3,4)6-2/h5,10H,1,6-8H2,2-4H3. The van der Waals surface area contributed by atoms with Crippen molar-refractivity contribution in [2.75, 3.05) is 13.1 Å². The molecule has 0 aromatic rings. The van der Waals surface area contributed by atoms with Gasteiger partial charge in [0.1, 0.15) is 0 Å². The van der Waals surface area contributed by atoms with Crippen molar-refractivity contribution in [3.05, 3.63) is 12.7 Å². The summed E-state index contributed by atoms with van der Waals surface area (Å²) in [5, 5.41) is 3.31. The largest absolute Gasteiger partial charge is 0.313 e. The lowest BCUT2D eigenvalue weighted by Gasteiger charge is -2.22. The second-order valence-corrected chi connectivity index (χ2v) is 3.44. The van der Waals surface area contributed by atoms with Crippen molar-refractivity contribution in [3.8, 4) is 0 Å². The Morgan fingerprint density at radius 1 is 1.50 bits per heavy atom. The Morgan fingerprint density at radius 3 is 2.50 bits per heavy atom. The molecule has 0 radical (unpaired) electrons. The van der Waals surface area contributed by atoms with Crippen molar-refractivity contribution in [1.29, 1.82) is 0 Å². The zero-order valence-corrected chi connectivity index (χ0v) is 7.41. The van der Waals surface area contributed by atoms with E-state index in [1.54, 1.807) is 0 Å². The Kier molecular flexibility index (Phi) is 4.37. The van der Waals surface area contributed by atoms with Gasteiger partial charge in [0.05, 0.1) is 0 Å². The van der Waals surface area contributed by atoms with Crippen LogP contribution in [0.15, 0.2) is 12.7 Å². The maximum absolute atomic E-state index is 3.64. The Labute approximate surface area is 64.5 Å². The molecule has 60 valence electrons. The minimum absolute atomic E-state index is 0.434. The molecular formula is C9H19N. The highest BCUT2D eigenvalue weighted by atomic mass is 14.9. The molecule has 0 saturated heterocycles. The van der Waals surface area contributed by atoms with Crippen molar-refractivity contribution in [2.45, 2.75) is 27.2 Å². The number of nitrogens with one attached hydrogen (secondary N) is 1. The molecule has 0 rings (SSSR count). The predicted octanol–water partition coefficient (Wildman–Crippen LogP) is 2.20. The molecule has 0 unspecified atom stereocenters. The van der Waals surface area contributed by atoms with E-state index in [9.17, 15) is 0 Å². The molecule has 0 aliphatic carbocycles. The Bertz CT molecular complexity index is 94.9. The van der Waals surface area contributed by atoms with Crippen LogP contribution in [-0.2, 0) is 0 Å². The van der Waals surface area contributed by atoms with Gasteiger partial charge >= 0.3 is 0 Å². The summed E-state index contributed by atoms with van der Waals surface area (Å²) in [5.41, 5.74) is 0.434. The zero-order chi connectivity index (χ0) is 8.04. The van der Waals surface area contributed by atoms with Gasteiger partial charge in [-0.2, -0.15) is 0 Å². The molecule has 1 nitrogen and oxygen atoms in total. The maximum Gasteiger partial charge on any atom is 0.0132 e. The van der Waals surface area contributed by atoms with Crippen LogP contribution in [0, 0.1) is 5.41 Å². The summed E-state index contributed by atoms with van der Waals surface area (Å²) < 4.78 is 0. The molecule has 0 spiro atoms. The van der Waals surface area contributed by atoms with Gasteiger partial charge in [0, 0.05) is 13.1 Å². The third-order valence-corrected chi connectivity index (χ3v) is 1.85. The summed E-state index contributed by atoms with van der Waals surface area (Å²) >= 11 is 0. The van der Waals surface area contributed by atoms with Crippen LogP contribution in [0.3, 0.4) is 0 Å². The third-order valence-electron chi connectivity index (χ3n) is 1.85. The molecule has 1 heteroatoms. The highest BCUT2D eigenvalue weighted by molar-refractivity contribution is 4.74. The fourth-order valence-corrected chi connectivity index (χ4v) is 0.638. The molecule has 1 N–H and O–H groups in total. The van der Waals surface area contributed by atoms with Gasteiger partial charge < -0.3 is 5.32 Å². The molecule has 0 aromatic carbocycles. The summed E-state index contributed by atoms with van der Waals surface area (Å²) in [6, 6.07) is 0. The summed E-state index contributed by atoms with van der Waals surface area (Å²) in [5.74, 6) is 0. The highest BCUT2D eigenvalue weighted by Gasteiger charge is 2.12. The van der Waals surface area contributed by atoms with Crippen LogP contribution in [0.1, 0.15) is 27.2 Å². The van der Waals surface area contributed by atoms with E-state index < -0.39 is 0 Å². The third kappa shape index (κ3) is 4.57. The molecule has 10 heavy (non-hydrogen) atoms. The molecule has 0 heterocycles. The lowest BCUT2D eigenvalue weighted by molar-refractivity contribution is 0.334. The molecular weight excluding hydrogens is 122 g/mol. The van der Waals surface area contributed by atoms with Crippen molar-refractivity contribution in [2.24, 2.45) is 5.41 Å². The van der Waals surface area contributed by atoms with Crippen LogP contribution in [0.25, 0.3) is 0 Å². The fraction of sp³-hybridized carbons (Fsp3) is 0.778. The van der Waals surface area contributed by atoms with Crippen molar-refractivity contribution >= 4 is 0 Å².